The average molecular weight is 402 g/mol. The number of benzene rings is 1. The number of likely N-dealkylation sites (tertiary alicyclic amines) is 1. The van der Waals surface area contributed by atoms with E-state index in [1.54, 1.807) is 10.6 Å². The Kier molecular flexibility index (Phi) is 4.55. The van der Waals surface area contributed by atoms with Gasteiger partial charge >= 0.3 is 0 Å². The maximum Gasteiger partial charge on any atom is 0.274 e. The highest BCUT2D eigenvalue weighted by Crippen LogP contribution is 2.25. The van der Waals surface area contributed by atoms with Gasteiger partial charge in [-0.25, -0.2) is 4.98 Å². The summed E-state index contributed by atoms with van der Waals surface area (Å²) in [6.07, 6.45) is 4.19. The highest BCUT2D eigenvalue weighted by molar-refractivity contribution is 6.04. The molecule has 30 heavy (non-hydrogen) atoms. The quantitative estimate of drug-likeness (QED) is 0.552. The van der Waals surface area contributed by atoms with Crippen molar-refractivity contribution in [2.45, 2.75) is 13.3 Å². The Balaban J connectivity index is 1.36. The summed E-state index contributed by atoms with van der Waals surface area (Å²) in [7, 11) is 2.10. The van der Waals surface area contributed by atoms with Gasteiger partial charge < -0.3 is 14.7 Å². The van der Waals surface area contributed by atoms with Crippen molar-refractivity contribution in [3.8, 4) is 11.4 Å². The first-order valence-electron chi connectivity index (χ1n) is 9.92. The molecule has 1 aromatic carbocycles. The minimum Gasteiger partial charge on any atom is -0.339 e. The van der Waals surface area contributed by atoms with Gasteiger partial charge in [0.05, 0.1) is 6.20 Å². The summed E-state index contributed by atoms with van der Waals surface area (Å²) < 4.78 is 7.20. The zero-order chi connectivity index (χ0) is 20.7. The largest absolute Gasteiger partial charge is 0.339 e. The summed E-state index contributed by atoms with van der Waals surface area (Å²) in [6.45, 7) is 4.06. The topological polar surface area (TPSA) is 88.6 Å². The number of imidazole rings is 1. The van der Waals surface area contributed by atoms with Crippen LogP contribution in [0, 0.1) is 12.8 Å². The normalized spacial score (nSPS) is 14.7. The lowest BCUT2D eigenvalue weighted by atomic mass is 9.97. The number of fused-ring (bicyclic) bond motifs is 1. The summed E-state index contributed by atoms with van der Waals surface area (Å²) in [6, 6.07) is 11.4. The number of aryl methyl sites for hydroxylation is 1. The van der Waals surface area contributed by atoms with Crippen LogP contribution in [-0.4, -0.2) is 50.5 Å². The van der Waals surface area contributed by atoms with Gasteiger partial charge in [0, 0.05) is 37.0 Å². The maximum absolute atomic E-state index is 12.9. The van der Waals surface area contributed by atoms with Crippen LogP contribution in [0.1, 0.15) is 21.9 Å². The van der Waals surface area contributed by atoms with E-state index in [1.165, 1.54) is 0 Å². The minimum absolute atomic E-state index is 0.225. The van der Waals surface area contributed by atoms with Crippen molar-refractivity contribution < 1.29 is 9.32 Å². The van der Waals surface area contributed by atoms with Gasteiger partial charge in [0.15, 0.2) is 0 Å². The summed E-state index contributed by atoms with van der Waals surface area (Å²) in [5, 5.41) is 7.12. The van der Waals surface area contributed by atoms with Crippen molar-refractivity contribution in [1.29, 1.82) is 0 Å². The molecule has 0 saturated carbocycles. The van der Waals surface area contributed by atoms with Gasteiger partial charge in [-0.1, -0.05) is 23.4 Å². The number of nitrogens with zero attached hydrogens (tertiary/aromatic N) is 5. The molecule has 1 fully saturated rings. The highest BCUT2D eigenvalue weighted by Gasteiger charge is 2.25. The van der Waals surface area contributed by atoms with Crippen LogP contribution in [-0.2, 0) is 6.42 Å². The Labute approximate surface area is 173 Å². The van der Waals surface area contributed by atoms with Gasteiger partial charge in [-0.3, -0.25) is 9.20 Å². The molecule has 0 aliphatic carbocycles. The summed E-state index contributed by atoms with van der Waals surface area (Å²) in [5.41, 5.74) is 3.65. The summed E-state index contributed by atoms with van der Waals surface area (Å²) >= 11 is 0. The van der Waals surface area contributed by atoms with Crippen LogP contribution in [0.3, 0.4) is 0 Å². The Bertz CT molecular complexity index is 1220. The first kappa shape index (κ1) is 18.5. The number of pyridine rings is 1. The van der Waals surface area contributed by atoms with Gasteiger partial charge in [-0.2, -0.15) is 4.98 Å². The maximum atomic E-state index is 12.9. The lowest BCUT2D eigenvalue weighted by molar-refractivity contribution is 0.102. The Morgan fingerprint density at radius 2 is 2.13 bits per heavy atom. The molecule has 0 spiro atoms. The van der Waals surface area contributed by atoms with Crippen molar-refractivity contribution in [1.82, 2.24) is 24.4 Å². The van der Waals surface area contributed by atoms with Crippen molar-refractivity contribution in [3.63, 3.8) is 0 Å². The molecule has 1 aliphatic heterocycles. The fraction of sp³-hybridized carbons (Fsp3) is 0.273. The van der Waals surface area contributed by atoms with Crippen LogP contribution in [0.5, 0.6) is 0 Å². The molecule has 0 unspecified atom stereocenters. The van der Waals surface area contributed by atoms with E-state index in [4.69, 9.17) is 4.52 Å². The number of hydrogen-bond acceptors (Lipinski definition) is 6. The first-order valence-corrected chi connectivity index (χ1v) is 9.92. The van der Waals surface area contributed by atoms with E-state index in [0.717, 1.165) is 36.3 Å². The number of carbonyl (C=O) groups excluding carboxylic acids is 1. The van der Waals surface area contributed by atoms with E-state index in [2.05, 4.69) is 32.4 Å². The van der Waals surface area contributed by atoms with Gasteiger partial charge in [0.1, 0.15) is 11.3 Å². The second-order valence-electron chi connectivity index (χ2n) is 7.86. The van der Waals surface area contributed by atoms with E-state index in [9.17, 15) is 4.79 Å². The number of rotatable bonds is 5. The number of anilines is 1. The second-order valence-corrected chi connectivity index (χ2v) is 7.86. The zero-order valence-corrected chi connectivity index (χ0v) is 16.9. The van der Waals surface area contributed by atoms with Crippen LogP contribution < -0.4 is 5.32 Å². The molecule has 1 N–H and O–H groups in total. The Hall–Kier alpha value is -3.52. The fourth-order valence-corrected chi connectivity index (χ4v) is 3.84. The third-order valence-electron chi connectivity index (χ3n) is 5.46. The fourth-order valence-electron chi connectivity index (χ4n) is 3.84. The third-order valence-corrected chi connectivity index (χ3v) is 5.46. The number of nitrogens with one attached hydrogen (secondary N) is 1. The average Bonchev–Trinajstić information content (AvgIpc) is 3.35. The lowest BCUT2D eigenvalue weighted by Crippen LogP contribution is -2.44. The molecule has 0 bridgehead atoms. The van der Waals surface area contributed by atoms with Crippen molar-refractivity contribution >= 4 is 17.2 Å². The molecule has 1 amide bonds. The van der Waals surface area contributed by atoms with Crippen LogP contribution in [0.25, 0.3) is 17.0 Å². The van der Waals surface area contributed by atoms with Crippen LogP contribution in [0.4, 0.5) is 5.69 Å². The molecular weight excluding hydrogens is 380 g/mol. The monoisotopic (exact) mass is 402 g/mol. The van der Waals surface area contributed by atoms with E-state index in [1.807, 2.05) is 49.5 Å². The number of aromatic nitrogens is 4. The molecule has 4 aromatic rings. The molecule has 0 atom stereocenters. The van der Waals surface area contributed by atoms with E-state index in [0.29, 0.717) is 29.0 Å². The number of hydrogen-bond donors (Lipinski definition) is 1. The van der Waals surface area contributed by atoms with E-state index < -0.39 is 0 Å². The minimum atomic E-state index is -0.225. The van der Waals surface area contributed by atoms with Gasteiger partial charge in [0.25, 0.3) is 5.91 Å². The predicted octanol–water partition coefficient (Wildman–Crippen LogP) is 3.05. The molecule has 4 heterocycles. The van der Waals surface area contributed by atoms with Crippen molar-refractivity contribution in [2.75, 3.05) is 25.5 Å². The molecule has 3 aromatic heterocycles. The Morgan fingerprint density at radius 3 is 2.97 bits per heavy atom. The van der Waals surface area contributed by atoms with Crippen molar-refractivity contribution in [2.24, 2.45) is 5.92 Å². The van der Waals surface area contributed by atoms with Crippen LogP contribution in [0.2, 0.25) is 0 Å². The zero-order valence-electron chi connectivity index (χ0n) is 16.9. The molecule has 0 radical (unpaired) electrons. The van der Waals surface area contributed by atoms with Crippen LogP contribution >= 0.6 is 0 Å². The first-order chi connectivity index (χ1) is 14.6. The number of amides is 1. The van der Waals surface area contributed by atoms with Crippen molar-refractivity contribution in [3.05, 3.63) is 65.9 Å². The molecular formula is C22H22N6O2. The molecule has 152 valence electrons. The summed E-state index contributed by atoms with van der Waals surface area (Å²) in [5.74, 6) is 1.53. The molecule has 1 aliphatic rings. The summed E-state index contributed by atoms with van der Waals surface area (Å²) in [4.78, 5) is 23.9. The second kappa shape index (κ2) is 7.38. The smallest absolute Gasteiger partial charge is 0.274 e. The molecule has 1 saturated heterocycles. The molecule has 8 heteroatoms. The van der Waals surface area contributed by atoms with Gasteiger partial charge in [-0.05, 0) is 43.7 Å². The van der Waals surface area contributed by atoms with Gasteiger partial charge in [-0.15, -0.1) is 0 Å². The van der Waals surface area contributed by atoms with E-state index >= 15 is 0 Å². The standard InChI is InChI=1S/C22H22N6O2/c1-14-6-7-16(21-25-20(30-26-21)9-15-12-27(2)13-15)10-17(14)24-22(29)18-11-23-19-5-3-4-8-28(18)19/h3-8,10-11,15H,9,12-13H2,1-2H3,(H,24,29). The van der Waals surface area contributed by atoms with Gasteiger partial charge in [0.2, 0.25) is 11.7 Å². The number of carbonyl (C=O) groups is 1. The van der Waals surface area contributed by atoms with Crippen LogP contribution in [0.15, 0.2) is 53.3 Å². The third kappa shape index (κ3) is 3.46. The molecule has 8 nitrogen and oxygen atoms in total. The SMILES string of the molecule is Cc1ccc(-c2noc(CC3CN(C)C3)n2)cc1NC(=O)c1cnc2ccccn12. The highest BCUT2D eigenvalue weighted by atomic mass is 16.5. The lowest BCUT2D eigenvalue weighted by Gasteiger charge is -2.35. The predicted molar refractivity (Wildman–Crippen MR) is 112 cm³/mol. The molecule has 5 rings (SSSR count). The Morgan fingerprint density at radius 1 is 1.27 bits per heavy atom. The van der Waals surface area contributed by atoms with E-state index in [-0.39, 0.29) is 5.91 Å².